The number of nitrogens with zero attached hydrogens (tertiary/aromatic N) is 2. The van der Waals surface area contributed by atoms with E-state index < -0.39 is 10.2 Å². The van der Waals surface area contributed by atoms with Crippen molar-refractivity contribution in [3.05, 3.63) is 0 Å². The predicted molar refractivity (Wildman–Crippen MR) is 46.5 cm³/mol. The van der Waals surface area contributed by atoms with Crippen molar-refractivity contribution in [2.45, 2.75) is 19.0 Å². The lowest BCUT2D eigenvalue weighted by Gasteiger charge is -2.27. The molecule has 1 heterocycles. The zero-order valence-corrected chi connectivity index (χ0v) is 8.21. The van der Waals surface area contributed by atoms with Gasteiger partial charge < -0.3 is 0 Å². The van der Waals surface area contributed by atoms with E-state index >= 15 is 0 Å². The molecule has 0 amide bonds. The summed E-state index contributed by atoms with van der Waals surface area (Å²) in [4.78, 5) is 1.87. The van der Waals surface area contributed by atoms with Crippen molar-refractivity contribution in [1.29, 1.82) is 0 Å². The first-order valence-electron chi connectivity index (χ1n) is 3.89. The number of hydrogen-bond acceptors (Lipinski definition) is 3. The fraction of sp³-hybridized carbons (Fsp3) is 1.00. The van der Waals surface area contributed by atoms with Gasteiger partial charge in [0.05, 0.1) is 6.17 Å². The summed E-state index contributed by atoms with van der Waals surface area (Å²) in [5.74, 6) is 0. The maximum absolute atomic E-state index is 11.0. The van der Waals surface area contributed by atoms with Crippen LogP contribution >= 0.6 is 0 Å². The van der Waals surface area contributed by atoms with Gasteiger partial charge in [-0.15, -0.1) is 0 Å². The lowest BCUT2D eigenvalue weighted by Crippen LogP contribution is -2.46. The van der Waals surface area contributed by atoms with Crippen LogP contribution in [0.3, 0.4) is 0 Å². The molecule has 0 aliphatic carbocycles. The summed E-state index contributed by atoms with van der Waals surface area (Å²) in [6.07, 6.45) is 1.70. The third kappa shape index (κ3) is 1.95. The minimum Gasteiger partial charge on any atom is -0.293 e. The van der Waals surface area contributed by atoms with Crippen molar-refractivity contribution >= 4 is 10.2 Å². The molecule has 0 aromatic carbocycles. The Bertz CT molecular complexity index is 250. The van der Waals surface area contributed by atoms with Gasteiger partial charge in [-0.3, -0.25) is 4.90 Å². The molecule has 1 fully saturated rings. The van der Waals surface area contributed by atoms with Gasteiger partial charge in [-0.25, -0.2) is 5.14 Å². The molecular formula is C6H15N3O2S. The van der Waals surface area contributed by atoms with E-state index in [4.69, 9.17) is 5.14 Å². The summed E-state index contributed by atoms with van der Waals surface area (Å²) >= 11 is 0. The molecule has 72 valence electrons. The molecule has 1 rings (SSSR count). The van der Waals surface area contributed by atoms with E-state index in [0.29, 0.717) is 6.54 Å². The van der Waals surface area contributed by atoms with Gasteiger partial charge in [0, 0.05) is 6.54 Å². The highest BCUT2D eigenvalue weighted by molar-refractivity contribution is 7.86. The molecule has 6 heteroatoms. The van der Waals surface area contributed by atoms with Crippen molar-refractivity contribution < 1.29 is 8.42 Å². The highest BCUT2D eigenvalue weighted by atomic mass is 32.2. The Kier molecular flexibility index (Phi) is 2.72. The molecule has 1 aliphatic rings. The van der Waals surface area contributed by atoms with E-state index in [1.807, 2.05) is 19.0 Å². The summed E-state index contributed by atoms with van der Waals surface area (Å²) in [6, 6.07) is 0. The molecule has 0 saturated carbocycles. The second-order valence-corrected chi connectivity index (χ2v) is 4.74. The highest BCUT2D eigenvalue weighted by Crippen LogP contribution is 2.20. The molecule has 5 nitrogen and oxygen atoms in total. The predicted octanol–water partition coefficient (Wildman–Crippen LogP) is -0.827. The van der Waals surface area contributed by atoms with Crippen LogP contribution in [0, 0.1) is 0 Å². The van der Waals surface area contributed by atoms with Crippen LogP contribution in [0.1, 0.15) is 12.8 Å². The Balaban J connectivity index is 2.78. The molecule has 12 heavy (non-hydrogen) atoms. The molecule has 0 radical (unpaired) electrons. The third-order valence-corrected chi connectivity index (χ3v) is 3.18. The summed E-state index contributed by atoms with van der Waals surface area (Å²) in [6.45, 7) is 0.543. The van der Waals surface area contributed by atoms with Gasteiger partial charge in [0.15, 0.2) is 0 Å². The van der Waals surface area contributed by atoms with Crippen molar-refractivity contribution in [2.75, 3.05) is 20.6 Å². The van der Waals surface area contributed by atoms with Crippen molar-refractivity contribution in [2.24, 2.45) is 5.14 Å². The first kappa shape index (κ1) is 9.91. The third-order valence-electron chi connectivity index (χ3n) is 2.10. The molecule has 1 unspecified atom stereocenters. The fourth-order valence-corrected chi connectivity index (χ4v) is 2.55. The topological polar surface area (TPSA) is 66.6 Å². The maximum atomic E-state index is 11.0. The number of hydrogen-bond donors (Lipinski definition) is 1. The zero-order chi connectivity index (χ0) is 9.35. The molecule has 0 aromatic heterocycles. The Morgan fingerprint density at radius 1 is 1.50 bits per heavy atom. The molecule has 0 aromatic rings. The van der Waals surface area contributed by atoms with Gasteiger partial charge in [0.1, 0.15) is 0 Å². The second-order valence-electron chi connectivity index (χ2n) is 3.24. The van der Waals surface area contributed by atoms with Crippen LogP contribution in [-0.4, -0.2) is 44.4 Å². The van der Waals surface area contributed by atoms with Gasteiger partial charge >= 0.3 is 0 Å². The Morgan fingerprint density at radius 3 is 2.42 bits per heavy atom. The van der Waals surface area contributed by atoms with Crippen molar-refractivity contribution in [3.8, 4) is 0 Å². The van der Waals surface area contributed by atoms with E-state index in [1.54, 1.807) is 0 Å². The maximum Gasteiger partial charge on any atom is 0.278 e. The first-order chi connectivity index (χ1) is 5.43. The summed E-state index contributed by atoms with van der Waals surface area (Å²) in [5, 5.41) is 5.04. The van der Waals surface area contributed by atoms with Crippen molar-refractivity contribution in [3.63, 3.8) is 0 Å². The van der Waals surface area contributed by atoms with E-state index in [1.165, 1.54) is 4.31 Å². The normalized spacial score (nSPS) is 26.8. The summed E-state index contributed by atoms with van der Waals surface area (Å²) in [5.41, 5.74) is 0. The largest absolute Gasteiger partial charge is 0.293 e. The van der Waals surface area contributed by atoms with E-state index in [2.05, 4.69) is 0 Å². The Hall–Kier alpha value is -0.170. The van der Waals surface area contributed by atoms with Gasteiger partial charge in [-0.05, 0) is 26.9 Å². The van der Waals surface area contributed by atoms with Gasteiger partial charge in [-0.2, -0.15) is 12.7 Å². The van der Waals surface area contributed by atoms with Crippen LogP contribution in [0.4, 0.5) is 0 Å². The average molecular weight is 193 g/mol. The lowest BCUT2D eigenvalue weighted by molar-refractivity contribution is 0.194. The lowest BCUT2D eigenvalue weighted by atomic mass is 10.3. The van der Waals surface area contributed by atoms with Gasteiger partial charge in [0.2, 0.25) is 0 Å². The monoisotopic (exact) mass is 193 g/mol. The van der Waals surface area contributed by atoms with Crippen LogP contribution in [0.15, 0.2) is 0 Å². The van der Waals surface area contributed by atoms with E-state index in [-0.39, 0.29) is 6.17 Å². The molecule has 0 spiro atoms. The van der Waals surface area contributed by atoms with Crippen molar-refractivity contribution in [1.82, 2.24) is 9.21 Å². The van der Waals surface area contributed by atoms with E-state index in [0.717, 1.165) is 12.8 Å². The van der Waals surface area contributed by atoms with Crippen LogP contribution in [-0.2, 0) is 10.2 Å². The molecule has 1 atom stereocenters. The fourth-order valence-electron chi connectivity index (χ4n) is 1.54. The minimum atomic E-state index is -3.51. The molecule has 2 N–H and O–H groups in total. The molecule has 1 aliphatic heterocycles. The summed E-state index contributed by atoms with van der Waals surface area (Å²) in [7, 11) is 0.206. The Labute approximate surface area is 73.3 Å². The zero-order valence-electron chi connectivity index (χ0n) is 7.40. The van der Waals surface area contributed by atoms with Crippen LogP contribution in [0.2, 0.25) is 0 Å². The smallest absolute Gasteiger partial charge is 0.278 e. The minimum absolute atomic E-state index is 0.0556. The van der Waals surface area contributed by atoms with Crippen LogP contribution < -0.4 is 5.14 Å². The van der Waals surface area contributed by atoms with Crippen LogP contribution in [0.5, 0.6) is 0 Å². The standard InChI is InChI=1S/C6H15N3O2S/c1-8(2)6-4-3-5-9(6)12(7,10)11/h6H,3-5H2,1-2H3,(H2,7,10,11). The Morgan fingerprint density at radius 2 is 2.08 bits per heavy atom. The molecular weight excluding hydrogens is 178 g/mol. The number of rotatable bonds is 2. The second kappa shape index (κ2) is 3.29. The quantitative estimate of drug-likeness (QED) is 0.622. The SMILES string of the molecule is CN(C)C1CCCN1S(N)(=O)=O. The molecule has 1 saturated heterocycles. The summed E-state index contributed by atoms with van der Waals surface area (Å²) < 4.78 is 23.4. The van der Waals surface area contributed by atoms with E-state index in [9.17, 15) is 8.42 Å². The average Bonchev–Trinajstić information content (AvgIpc) is 2.30. The van der Waals surface area contributed by atoms with Gasteiger partial charge in [0.25, 0.3) is 10.2 Å². The first-order valence-corrected chi connectivity index (χ1v) is 5.39. The highest BCUT2D eigenvalue weighted by Gasteiger charge is 2.32. The number of nitrogens with two attached hydrogens (primary N) is 1. The molecule has 0 bridgehead atoms. The van der Waals surface area contributed by atoms with Gasteiger partial charge in [-0.1, -0.05) is 0 Å². The van der Waals surface area contributed by atoms with Crippen LogP contribution in [0.25, 0.3) is 0 Å².